The van der Waals surface area contributed by atoms with E-state index in [1.54, 1.807) is 30.6 Å². The number of aliphatic hydroxyl groups is 1. The lowest BCUT2D eigenvalue weighted by atomic mass is 9.86. The topological polar surface area (TPSA) is 91.2 Å². The molecule has 10 heteroatoms. The molecule has 7 nitrogen and oxygen atoms in total. The first-order valence-corrected chi connectivity index (χ1v) is 10.3. The van der Waals surface area contributed by atoms with Crippen LogP contribution in [0.25, 0.3) is 0 Å². The van der Waals surface area contributed by atoms with Gasteiger partial charge in [0.15, 0.2) is 0 Å². The van der Waals surface area contributed by atoms with Gasteiger partial charge in [-0.05, 0) is 36.2 Å². The smallest absolute Gasteiger partial charge is 0.396 e. The number of amides is 1. The Kier molecular flexibility index (Phi) is 6.28. The van der Waals surface area contributed by atoms with Crippen LogP contribution < -0.4 is 10.2 Å². The van der Waals surface area contributed by atoms with Crippen LogP contribution in [0.3, 0.4) is 0 Å². The molecule has 2 N–H and O–H groups in total. The van der Waals surface area contributed by atoms with E-state index in [-0.39, 0.29) is 24.1 Å². The molecule has 0 bridgehead atoms. The van der Waals surface area contributed by atoms with Gasteiger partial charge in [-0.25, -0.2) is 9.97 Å². The van der Waals surface area contributed by atoms with E-state index in [0.717, 1.165) is 22.9 Å². The van der Waals surface area contributed by atoms with Crippen LogP contribution in [0.1, 0.15) is 33.0 Å². The average molecular weight is 457 g/mol. The third-order valence-corrected chi connectivity index (χ3v) is 5.85. The molecule has 4 rings (SSSR count). The molecule has 1 aliphatic heterocycles. The molecule has 2 atom stereocenters. The summed E-state index contributed by atoms with van der Waals surface area (Å²) in [5.74, 6) is -0.641. The quantitative estimate of drug-likeness (QED) is 0.608. The zero-order valence-corrected chi connectivity index (χ0v) is 17.8. The van der Waals surface area contributed by atoms with Gasteiger partial charge >= 0.3 is 6.18 Å². The summed E-state index contributed by atoms with van der Waals surface area (Å²) in [7, 11) is 0. The van der Waals surface area contributed by atoms with Crippen LogP contribution in [0.5, 0.6) is 0 Å². The van der Waals surface area contributed by atoms with Crippen LogP contribution >= 0.6 is 0 Å². The predicted octanol–water partition coefficient (Wildman–Crippen LogP) is 3.66. The molecule has 3 heterocycles. The van der Waals surface area contributed by atoms with E-state index in [1.165, 1.54) is 12.5 Å². The Bertz CT molecular complexity index is 1140. The number of aryl methyl sites for hydroxylation is 1. The lowest BCUT2D eigenvalue weighted by molar-refractivity contribution is -0.137. The number of halogens is 3. The second kappa shape index (κ2) is 9.14. The summed E-state index contributed by atoms with van der Waals surface area (Å²) in [5, 5.41) is 12.5. The highest BCUT2D eigenvalue weighted by Crippen LogP contribution is 2.37. The van der Waals surface area contributed by atoms with Crippen LogP contribution in [0, 0.1) is 12.8 Å². The maximum atomic E-state index is 12.9. The molecule has 172 valence electrons. The van der Waals surface area contributed by atoms with Gasteiger partial charge in [0, 0.05) is 43.3 Å². The minimum atomic E-state index is -4.55. The van der Waals surface area contributed by atoms with Crippen LogP contribution in [0.4, 0.5) is 24.5 Å². The van der Waals surface area contributed by atoms with Crippen LogP contribution in [0.2, 0.25) is 0 Å². The number of aromatic nitrogens is 3. The fourth-order valence-corrected chi connectivity index (χ4v) is 4.12. The molecule has 33 heavy (non-hydrogen) atoms. The van der Waals surface area contributed by atoms with Gasteiger partial charge in [0.05, 0.1) is 35.5 Å². The van der Waals surface area contributed by atoms with Gasteiger partial charge in [0.1, 0.15) is 6.33 Å². The standard InChI is InChI=1S/C23H22F3N5O2/c1-14-2-3-15(22(33)30-18-5-17(6-27-7-18)23(24,25)26)4-20(14)21-11-31(10-16(21)12-32)19-8-28-13-29-9-19/h2-9,13,16,21,32H,10-12H2,1H3,(H,30,33)/t16-,21+/m0/s1. The van der Waals surface area contributed by atoms with Gasteiger partial charge in [-0.3, -0.25) is 9.78 Å². The maximum Gasteiger partial charge on any atom is 0.417 e. The van der Waals surface area contributed by atoms with Crippen LogP contribution in [-0.4, -0.2) is 45.7 Å². The number of alkyl halides is 3. The molecule has 0 aliphatic carbocycles. The molecule has 0 unspecified atom stereocenters. The highest BCUT2D eigenvalue weighted by Gasteiger charge is 2.35. The van der Waals surface area contributed by atoms with E-state index in [9.17, 15) is 23.1 Å². The molecular formula is C23H22F3N5O2. The first-order valence-electron chi connectivity index (χ1n) is 10.3. The van der Waals surface area contributed by atoms with E-state index >= 15 is 0 Å². The molecule has 1 aromatic carbocycles. The molecule has 0 saturated carbocycles. The number of carbonyl (C=O) groups excluding carboxylic acids is 1. The number of carbonyl (C=O) groups is 1. The molecular weight excluding hydrogens is 435 g/mol. The summed E-state index contributed by atoms with van der Waals surface area (Å²) in [6.45, 7) is 3.12. The van der Waals surface area contributed by atoms with Crippen molar-refractivity contribution in [2.24, 2.45) is 5.92 Å². The summed E-state index contributed by atoms with van der Waals surface area (Å²) in [5.41, 5.74) is 2.05. The van der Waals surface area contributed by atoms with Crippen LogP contribution in [0.15, 0.2) is 55.4 Å². The van der Waals surface area contributed by atoms with Crippen molar-refractivity contribution >= 4 is 17.3 Å². The molecule has 1 fully saturated rings. The first-order chi connectivity index (χ1) is 15.8. The van der Waals surface area contributed by atoms with Gasteiger partial charge in [-0.15, -0.1) is 0 Å². The van der Waals surface area contributed by atoms with Gasteiger partial charge in [0.25, 0.3) is 5.91 Å². The molecule has 1 saturated heterocycles. The van der Waals surface area contributed by atoms with Crippen LogP contribution in [-0.2, 0) is 6.18 Å². The summed E-state index contributed by atoms with van der Waals surface area (Å²) < 4.78 is 38.8. The van der Waals surface area contributed by atoms with Gasteiger partial charge in [0.2, 0.25) is 0 Å². The highest BCUT2D eigenvalue weighted by atomic mass is 19.4. The third-order valence-electron chi connectivity index (χ3n) is 5.85. The average Bonchev–Trinajstić information content (AvgIpc) is 3.24. The van der Waals surface area contributed by atoms with E-state index in [0.29, 0.717) is 24.8 Å². The normalized spacial score (nSPS) is 18.4. The minimum absolute atomic E-state index is 0.0272. The number of hydrogen-bond donors (Lipinski definition) is 2. The second-order valence-electron chi connectivity index (χ2n) is 8.04. The fourth-order valence-electron chi connectivity index (χ4n) is 4.12. The van der Waals surface area contributed by atoms with Crippen molar-refractivity contribution in [3.05, 3.63) is 77.6 Å². The van der Waals surface area contributed by atoms with Crippen molar-refractivity contribution in [2.75, 3.05) is 29.9 Å². The SMILES string of the molecule is Cc1ccc(C(=O)Nc2cncc(C(F)(F)F)c2)cc1[C@@H]1CN(c2cncnc2)C[C@H]1CO. The van der Waals surface area contributed by atoms with Crippen molar-refractivity contribution in [2.45, 2.75) is 19.0 Å². The number of benzene rings is 1. The van der Waals surface area contributed by atoms with Crippen molar-refractivity contribution in [1.29, 1.82) is 0 Å². The Balaban J connectivity index is 1.57. The summed E-state index contributed by atoms with van der Waals surface area (Å²) in [6.07, 6.45) is 2.20. The Hall–Kier alpha value is -3.53. The predicted molar refractivity (Wildman–Crippen MR) is 116 cm³/mol. The molecule has 1 amide bonds. The summed E-state index contributed by atoms with van der Waals surface area (Å²) in [4.78, 5) is 26.6. The van der Waals surface area contributed by atoms with Crippen molar-refractivity contribution < 1.29 is 23.1 Å². The van der Waals surface area contributed by atoms with E-state index in [1.807, 2.05) is 6.92 Å². The Labute approximate surface area is 188 Å². The number of hydrogen-bond acceptors (Lipinski definition) is 6. The first kappa shape index (κ1) is 22.7. The second-order valence-corrected chi connectivity index (χ2v) is 8.04. The Morgan fingerprint density at radius 1 is 1.12 bits per heavy atom. The monoisotopic (exact) mass is 457 g/mol. The van der Waals surface area contributed by atoms with Gasteiger partial charge in [-0.2, -0.15) is 13.2 Å². The molecule has 0 radical (unpaired) electrons. The minimum Gasteiger partial charge on any atom is -0.396 e. The number of anilines is 2. The van der Waals surface area contributed by atoms with Gasteiger partial charge < -0.3 is 15.3 Å². The number of rotatable bonds is 5. The van der Waals surface area contributed by atoms with Gasteiger partial charge in [-0.1, -0.05) is 6.07 Å². The zero-order chi connectivity index (χ0) is 23.6. The largest absolute Gasteiger partial charge is 0.417 e. The van der Waals surface area contributed by atoms with E-state index < -0.39 is 17.6 Å². The highest BCUT2D eigenvalue weighted by molar-refractivity contribution is 6.04. The maximum absolute atomic E-state index is 12.9. The fraction of sp³-hybridized carbons (Fsp3) is 0.304. The third kappa shape index (κ3) is 4.95. The number of nitrogens with one attached hydrogen (secondary N) is 1. The Morgan fingerprint density at radius 3 is 2.58 bits per heavy atom. The molecule has 2 aromatic heterocycles. The molecule has 3 aromatic rings. The molecule has 0 spiro atoms. The summed E-state index contributed by atoms with van der Waals surface area (Å²) in [6, 6.07) is 6.01. The van der Waals surface area contributed by atoms with Crippen molar-refractivity contribution in [3.8, 4) is 0 Å². The lowest BCUT2D eigenvalue weighted by Crippen LogP contribution is -2.20. The zero-order valence-electron chi connectivity index (χ0n) is 17.8. The molecule has 1 aliphatic rings. The Morgan fingerprint density at radius 2 is 1.88 bits per heavy atom. The summed E-state index contributed by atoms with van der Waals surface area (Å²) >= 11 is 0. The lowest BCUT2D eigenvalue weighted by Gasteiger charge is -2.20. The van der Waals surface area contributed by atoms with E-state index in [2.05, 4.69) is 25.2 Å². The number of aliphatic hydroxyl groups excluding tert-OH is 1. The van der Waals surface area contributed by atoms with E-state index in [4.69, 9.17) is 0 Å². The van der Waals surface area contributed by atoms with Crippen molar-refractivity contribution in [3.63, 3.8) is 0 Å². The number of nitrogens with zero attached hydrogens (tertiary/aromatic N) is 4. The van der Waals surface area contributed by atoms with Crippen molar-refractivity contribution in [1.82, 2.24) is 15.0 Å². The number of pyridine rings is 1.